The molecule has 0 aliphatic heterocycles. The highest BCUT2D eigenvalue weighted by Gasteiger charge is 2.12. The molecule has 0 spiro atoms. The van der Waals surface area contributed by atoms with Crippen molar-refractivity contribution in [2.75, 3.05) is 7.11 Å². The maximum Gasteiger partial charge on any atom is 0.347 e. The van der Waals surface area contributed by atoms with E-state index in [4.69, 9.17) is 9.47 Å². The van der Waals surface area contributed by atoms with Gasteiger partial charge in [0.05, 0.1) is 7.11 Å². The van der Waals surface area contributed by atoms with Crippen LogP contribution >= 0.6 is 38.9 Å². The van der Waals surface area contributed by atoms with Crippen LogP contribution in [0.5, 0.6) is 17.2 Å². The number of hydrogen-bond acceptors (Lipinski definition) is 5. The Bertz CT molecular complexity index is 709. The van der Waals surface area contributed by atoms with E-state index in [2.05, 4.69) is 33.7 Å². The number of para-hydroxylation sites is 1. The number of ether oxygens (including phenoxy) is 2. The van der Waals surface area contributed by atoms with Crippen molar-refractivity contribution in [3.63, 3.8) is 0 Å². The van der Waals surface area contributed by atoms with E-state index in [9.17, 15) is 14.5 Å². The second kappa shape index (κ2) is 9.04. The van der Waals surface area contributed by atoms with Gasteiger partial charge in [-0.25, -0.2) is 4.79 Å². The van der Waals surface area contributed by atoms with Crippen molar-refractivity contribution in [1.82, 2.24) is 0 Å². The van der Waals surface area contributed by atoms with Gasteiger partial charge in [0.2, 0.25) is 0 Å². The van der Waals surface area contributed by atoms with Crippen LogP contribution in [0.25, 0.3) is 0 Å². The molecule has 0 amide bonds. The van der Waals surface area contributed by atoms with Crippen molar-refractivity contribution in [2.45, 2.75) is 0 Å². The molecule has 9 heteroatoms. The largest absolute Gasteiger partial charge is 0.507 e. The number of hydrogen-bond donors (Lipinski definition) is 1. The Kier molecular flexibility index (Phi) is 7.73. The van der Waals surface area contributed by atoms with Crippen LogP contribution in [0.4, 0.5) is 0 Å². The quantitative estimate of drug-likeness (QED) is 0.425. The number of carbonyl (C=O) groups excluding carboxylic acids is 1. The van der Waals surface area contributed by atoms with Gasteiger partial charge >= 0.3 is 11.2 Å². The molecular formula is C14H12Cl3O5P. The normalized spacial score (nSPS) is 10.3. The summed E-state index contributed by atoms with van der Waals surface area (Å²) in [6.45, 7) is 0. The van der Waals surface area contributed by atoms with Crippen LogP contribution < -0.4 is 9.47 Å². The molecule has 124 valence electrons. The molecule has 0 radical (unpaired) electrons. The lowest BCUT2D eigenvalue weighted by atomic mass is 10.2. The van der Waals surface area contributed by atoms with Gasteiger partial charge in [-0.1, -0.05) is 18.2 Å². The SMILES string of the molecule is COc1cccc(OC(=O)c2ccccc2O)c1.O=P(Cl)(Cl)Cl. The van der Waals surface area contributed by atoms with Gasteiger partial charge in [0.1, 0.15) is 22.8 Å². The molecule has 0 saturated heterocycles. The van der Waals surface area contributed by atoms with Crippen molar-refractivity contribution in [3.05, 3.63) is 54.1 Å². The molecule has 0 aliphatic carbocycles. The maximum absolute atomic E-state index is 11.8. The van der Waals surface area contributed by atoms with Crippen LogP contribution in [-0.4, -0.2) is 18.2 Å². The maximum atomic E-state index is 11.8. The summed E-state index contributed by atoms with van der Waals surface area (Å²) in [7, 11) is 1.53. The van der Waals surface area contributed by atoms with Crippen LogP contribution in [0.2, 0.25) is 0 Å². The van der Waals surface area contributed by atoms with Gasteiger partial charge in [-0.05, 0) is 58.0 Å². The summed E-state index contributed by atoms with van der Waals surface area (Å²) in [4.78, 5) is 11.8. The molecule has 0 atom stereocenters. The third kappa shape index (κ3) is 8.14. The van der Waals surface area contributed by atoms with E-state index >= 15 is 0 Å². The molecule has 2 aromatic rings. The minimum atomic E-state index is -3.22. The van der Waals surface area contributed by atoms with E-state index in [0.29, 0.717) is 11.5 Å². The third-order valence-electron chi connectivity index (χ3n) is 2.38. The molecule has 2 rings (SSSR count). The predicted molar refractivity (Wildman–Crippen MR) is 91.2 cm³/mol. The minimum Gasteiger partial charge on any atom is -0.507 e. The number of phenolic OH excluding ortho intramolecular Hbond substituents is 1. The number of carbonyl (C=O) groups is 1. The molecule has 0 aromatic heterocycles. The predicted octanol–water partition coefficient (Wildman–Crippen LogP) is 5.43. The number of methoxy groups -OCH3 is 1. The number of aromatic hydroxyl groups is 1. The number of halogens is 3. The second-order valence-corrected chi connectivity index (χ2v) is 10.6. The first kappa shape index (κ1) is 19.7. The zero-order chi connectivity index (χ0) is 17.5. The zero-order valence-electron chi connectivity index (χ0n) is 11.8. The first-order chi connectivity index (χ1) is 10.7. The molecule has 0 saturated carbocycles. The summed E-state index contributed by atoms with van der Waals surface area (Å²) < 4.78 is 19.7. The van der Waals surface area contributed by atoms with Crippen LogP contribution in [0.1, 0.15) is 10.4 Å². The smallest absolute Gasteiger partial charge is 0.347 e. The Balaban J connectivity index is 0.000000463. The van der Waals surface area contributed by atoms with Crippen molar-refractivity contribution < 1.29 is 23.9 Å². The lowest BCUT2D eigenvalue weighted by molar-refractivity contribution is 0.0731. The van der Waals surface area contributed by atoms with Gasteiger partial charge < -0.3 is 14.6 Å². The lowest BCUT2D eigenvalue weighted by Crippen LogP contribution is -2.08. The van der Waals surface area contributed by atoms with Crippen LogP contribution in [0.15, 0.2) is 48.5 Å². The van der Waals surface area contributed by atoms with E-state index in [1.54, 1.807) is 36.4 Å². The van der Waals surface area contributed by atoms with E-state index in [-0.39, 0.29) is 11.3 Å². The number of benzene rings is 2. The topological polar surface area (TPSA) is 72.8 Å². The van der Waals surface area contributed by atoms with Crippen molar-refractivity contribution in [3.8, 4) is 17.2 Å². The number of phenols is 1. The molecule has 2 aromatic carbocycles. The van der Waals surface area contributed by atoms with Crippen LogP contribution in [-0.2, 0) is 4.57 Å². The van der Waals surface area contributed by atoms with E-state index in [0.717, 1.165) is 0 Å². The standard InChI is InChI=1S/C14H12O4.Cl3OP/c1-17-10-5-4-6-11(9-10)18-14(16)12-7-2-3-8-13(12)15;1-5(2,3)4/h2-9,15H,1H3;. The molecule has 5 nitrogen and oxygen atoms in total. The molecule has 0 fully saturated rings. The summed E-state index contributed by atoms with van der Waals surface area (Å²) in [5.74, 6) is 0.243. The highest BCUT2D eigenvalue weighted by atomic mass is 36.0. The molecule has 0 heterocycles. The summed E-state index contributed by atoms with van der Waals surface area (Å²) in [5.41, 5.74) is 0.125. The summed E-state index contributed by atoms with van der Waals surface area (Å²) >= 11 is 13.8. The molecular weight excluding hydrogens is 385 g/mol. The summed E-state index contributed by atoms with van der Waals surface area (Å²) in [5, 5.41) is 6.31. The third-order valence-corrected chi connectivity index (χ3v) is 2.38. The Hall–Kier alpha value is -1.39. The monoisotopic (exact) mass is 396 g/mol. The Morgan fingerprint density at radius 1 is 1.04 bits per heavy atom. The van der Waals surface area contributed by atoms with Crippen molar-refractivity contribution in [2.24, 2.45) is 0 Å². The van der Waals surface area contributed by atoms with Gasteiger partial charge in [0, 0.05) is 6.07 Å². The fraction of sp³-hybridized carbons (Fsp3) is 0.0714. The Morgan fingerprint density at radius 2 is 1.61 bits per heavy atom. The van der Waals surface area contributed by atoms with E-state index in [1.165, 1.54) is 19.2 Å². The summed E-state index contributed by atoms with van der Waals surface area (Å²) in [6, 6.07) is 12.9. The van der Waals surface area contributed by atoms with Crippen molar-refractivity contribution in [1.29, 1.82) is 0 Å². The first-order valence-electron chi connectivity index (χ1n) is 6.04. The van der Waals surface area contributed by atoms with E-state index in [1.807, 2.05) is 0 Å². The minimum absolute atomic E-state index is 0.106. The molecule has 0 aliphatic rings. The molecule has 0 bridgehead atoms. The van der Waals surface area contributed by atoms with Gasteiger partial charge in [-0.2, -0.15) is 0 Å². The molecule has 1 N–H and O–H groups in total. The second-order valence-electron chi connectivity index (χ2n) is 3.98. The van der Waals surface area contributed by atoms with Crippen LogP contribution in [0, 0.1) is 0 Å². The number of rotatable bonds is 3. The van der Waals surface area contributed by atoms with Gasteiger partial charge in [-0.15, -0.1) is 0 Å². The molecule has 23 heavy (non-hydrogen) atoms. The van der Waals surface area contributed by atoms with Gasteiger partial charge in [0.15, 0.2) is 0 Å². The average molecular weight is 398 g/mol. The fourth-order valence-corrected chi connectivity index (χ4v) is 1.47. The highest BCUT2D eigenvalue weighted by molar-refractivity contribution is 8.24. The van der Waals surface area contributed by atoms with Gasteiger partial charge in [0.25, 0.3) is 0 Å². The highest BCUT2D eigenvalue weighted by Crippen LogP contribution is 2.61. The average Bonchev–Trinajstić information content (AvgIpc) is 2.46. The molecule has 0 unspecified atom stereocenters. The fourth-order valence-electron chi connectivity index (χ4n) is 1.47. The van der Waals surface area contributed by atoms with Gasteiger partial charge in [-0.3, -0.25) is 4.57 Å². The zero-order valence-corrected chi connectivity index (χ0v) is 14.9. The summed E-state index contributed by atoms with van der Waals surface area (Å²) in [6.07, 6.45) is 0. The van der Waals surface area contributed by atoms with Crippen molar-refractivity contribution >= 4 is 44.9 Å². The van der Waals surface area contributed by atoms with Crippen LogP contribution in [0.3, 0.4) is 0 Å². The number of esters is 1. The Labute approximate surface area is 147 Å². The first-order valence-corrected chi connectivity index (χ1v) is 10.5. The van der Waals surface area contributed by atoms with E-state index < -0.39 is 11.2 Å². The Morgan fingerprint density at radius 3 is 2.17 bits per heavy atom. The lowest BCUT2D eigenvalue weighted by Gasteiger charge is -2.06.